The second kappa shape index (κ2) is 17.3. The Morgan fingerprint density at radius 3 is 2.53 bits per heavy atom. The second-order valence-electron chi connectivity index (χ2n) is 19.1. The fraction of sp³-hybridized carbons (Fsp3) is 0.667. The van der Waals surface area contributed by atoms with Crippen molar-refractivity contribution in [3.05, 3.63) is 41.6 Å². The smallest absolute Gasteiger partial charge is 0.437 e. The van der Waals surface area contributed by atoms with E-state index in [0.717, 1.165) is 25.9 Å². The Balaban J connectivity index is 1.15. The molecule has 6 atom stereocenters. The molecule has 3 N–H and O–H groups in total. The fourth-order valence-electron chi connectivity index (χ4n) is 9.51. The number of rotatable bonds is 8. The number of benzene rings is 1. The molecule has 2 aromatic rings. The molecule has 8 rings (SSSR count). The van der Waals surface area contributed by atoms with Crippen LogP contribution >= 0.6 is 0 Å². The number of allylic oxidation sites excluding steroid dienone is 1. The molecule has 2 saturated heterocycles. The molecule has 6 aliphatic rings. The molecule has 1 spiro atoms. The van der Waals surface area contributed by atoms with Gasteiger partial charge >= 0.3 is 12.3 Å². The highest BCUT2D eigenvalue weighted by Gasteiger charge is 2.64. The van der Waals surface area contributed by atoms with Gasteiger partial charge in [0.25, 0.3) is 5.91 Å². The van der Waals surface area contributed by atoms with E-state index in [-0.39, 0.29) is 55.8 Å². The third-order valence-corrected chi connectivity index (χ3v) is 16.3. The normalized spacial score (nSPS) is 29.2. The van der Waals surface area contributed by atoms with Crippen LogP contribution in [0, 0.1) is 5.92 Å². The number of amides is 4. The van der Waals surface area contributed by atoms with Crippen LogP contribution < -0.4 is 24.8 Å². The van der Waals surface area contributed by atoms with Crippen molar-refractivity contribution in [2.45, 2.75) is 157 Å². The van der Waals surface area contributed by atoms with E-state index in [0.29, 0.717) is 56.1 Å². The number of nitrogens with one attached hydrogen (secondary N) is 3. The van der Waals surface area contributed by atoms with Crippen LogP contribution in [0.3, 0.4) is 0 Å². The minimum absolute atomic E-state index is 0.0624. The highest BCUT2D eigenvalue weighted by atomic mass is 32.2. The molecular weight excluding hydrogens is 858 g/mol. The minimum atomic E-state index is -4.94. The Labute approximate surface area is 371 Å². The lowest BCUT2D eigenvalue weighted by Crippen LogP contribution is -2.58. The number of hydrogen-bond acceptors (Lipinski definition) is 11. The highest BCUT2D eigenvalue weighted by molar-refractivity contribution is 7.91. The molecule has 4 fully saturated rings. The predicted molar refractivity (Wildman–Crippen MR) is 229 cm³/mol. The number of sulfonamides is 1. The largest absolute Gasteiger partial charge is 0.490 e. The van der Waals surface area contributed by atoms with E-state index in [2.05, 4.69) is 25.2 Å². The van der Waals surface area contributed by atoms with Crippen molar-refractivity contribution in [3.63, 3.8) is 0 Å². The Kier molecular flexibility index (Phi) is 12.4. The molecule has 2 aliphatic carbocycles. The number of hydrogen-bond donors (Lipinski definition) is 3. The van der Waals surface area contributed by atoms with Gasteiger partial charge in [-0.2, -0.15) is 13.2 Å². The molecule has 5 heterocycles. The Morgan fingerprint density at radius 1 is 1.08 bits per heavy atom. The zero-order valence-corrected chi connectivity index (χ0v) is 37.7. The highest BCUT2D eigenvalue weighted by Crippen LogP contribution is 2.51. The third-order valence-electron chi connectivity index (χ3n) is 14.2. The number of ether oxygens (including phenoxy) is 3. The van der Waals surface area contributed by atoms with Gasteiger partial charge in [0, 0.05) is 36.4 Å². The first-order valence-corrected chi connectivity index (χ1v) is 24.1. The number of piperidine rings is 1. The zero-order valence-electron chi connectivity index (χ0n) is 36.9. The van der Waals surface area contributed by atoms with Crippen LogP contribution in [0.1, 0.15) is 115 Å². The number of halogens is 3. The standard InChI is InChI=1S/C45H59F3N6O9S/c1-5-27(2)61-41(58)50-34-12-10-8-6-7-9-11-28-24-44(28,40(57)52-64(59,60)42(3)19-20-42)51-38(55)35-25-43(26-54(35)39(34)56)18-15-31-32-23-30(62-29-16-21-53(4)22-17-29)13-14-33(32)49-37(36(31)63-43)45(46,47)48/h9,11,13-14,23,27-29,34-35H,5-8,10,12,15-22,24-26H2,1-4H3,(H,50,58)(H,51,55)(H,52,57). The van der Waals surface area contributed by atoms with Gasteiger partial charge in [-0.25, -0.2) is 18.2 Å². The summed E-state index contributed by atoms with van der Waals surface area (Å²) >= 11 is 0. The van der Waals surface area contributed by atoms with Crippen molar-refractivity contribution in [3.8, 4) is 11.5 Å². The Bertz CT molecular complexity index is 2320. The number of carbonyl (C=O) groups excluding carboxylic acids is 4. The van der Waals surface area contributed by atoms with E-state index in [4.69, 9.17) is 14.2 Å². The number of aromatic nitrogens is 1. The van der Waals surface area contributed by atoms with E-state index >= 15 is 13.2 Å². The van der Waals surface area contributed by atoms with E-state index in [9.17, 15) is 27.6 Å². The third kappa shape index (κ3) is 9.24. The molecule has 19 heteroatoms. The molecule has 4 amide bonds. The average Bonchev–Trinajstić information content (AvgIpc) is 4.14. The van der Waals surface area contributed by atoms with E-state index in [1.54, 1.807) is 25.1 Å². The zero-order chi connectivity index (χ0) is 45.8. The maximum absolute atomic E-state index is 15.0. The van der Waals surface area contributed by atoms with Crippen LogP contribution in [-0.4, -0.2) is 114 Å². The summed E-state index contributed by atoms with van der Waals surface area (Å²) in [5, 5.41) is 5.95. The van der Waals surface area contributed by atoms with Crippen LogP contribution in [0.15, 0.2) is 30.4 Å². The average molecular weight is 917 g/mol. The lowest BCUT2D eigenvalue weighted by molar-refractivity contribution is -0.144. The topological polar surface area (TPSA) is 186 Å². The van der Waals surface area contributed by atoms with Gasteiger partial charge in [0.1, 0.15) is 41.2 Å². The molecule has 0 bridgehead atoms. The first-order valence-electron chi connectivity index (χ1n) is 22.7. The van der Waals surface area contributed by atoms with E-state index in [1.165, 1.54) is 17.9 Å². The van der Waals surface area contributed by atoms with Crippen molar-refractivity contribution in [2.24, 2.45) is 5.92 Å². The maximum atomic E-state index is 15.0. The molecule has 1 aromatic carbocycles. The number of likely N-dealkylation sites (tertiary alicyclic amines) is 1. The molecule has 0 radical (unpaired) electrons. The fourth-order valence-corrected chi connectivity index (χ4v) is 10.8. The number of alkyl halides is 3. The lowest BCUT2D eigenvalue weighted by atomic mass is 9.87. The van der Waals surface area contributed by atoms with Crippen molar-refractivity contribution in [1.29, 1.82) is 0 Å². The molecule has 64 heavy (non-hydrogen) atoms. The van der Waals surface area contributed by atoms with Gasteiger partial charge in [0.15, 0.2) is 11.4 Å². The molecule has 4 aliphatic heterocycles. The van der Waals surface area contributed by atoms with Crippen LogP contribution in [0.5, 0.6) is 11.5 Å². The maximum Gasteiger partial charge on any atom is 0.437 e. The number of carbonyl (C=O) groups is 4. The SMILES string of the molecule is CCC(C)OC(=O)NC1CCCCCC=CC2CC2(C(=O)NS(=O)(=O)C2(C)CC2)NC(=O)C2CC3(CCc4c(c(C(F)(F)F)nc5ccc(OC6CCN(C)CC6)cc45)O3)CN2C1=O. The van der Waals surface area contributed by atoms with Gasteiger partial charge in [-0.1, -0.05) is 31.9 Å². The number of pyridine rings is 1. The summed E-state index contributed by atoms with van der Waals surface area (Å²) in [7, 11) is -2.07. The monoisotopic (exact) mass is 916 g/mol. The summed E-state index contributed by atoms with van der Waals surface area (Å²) in [5.41, 5.74) is -4.05. The summed E-state index contributed by atoms with van der Waals surface area (Å²) < 4.78 is 90.9. The number of fused-ring (bicyclic) bond motifs is 5. The molecule has 350 valence electrons. The summed E-state index contributed by atoms with van der Waals surface area (Å²) in [6.07, 6.45) is 2.92. The molecule has 2 saturated carbocycles. The van der Waals surface area contributed by atoms with Crippen LogP contribution in [-0.2, 0) is 41.7 Å². The van der Waals surface area contributed by atoms with E-state index in [1.807, 2.05) is 20.0 Å². The molecular formula is C45H59F3N6O9S. The van der Waals surface area contributed by atoms with Crippen molar-refractivity contribution < 1.29 is 55.0 Å². The van der Waals surface area contributed by atoms with Crippen molar-refractivity contribution in [2.75, 3.05) is 26.7 Å². The number of nitrogens with zero attached hydrogens (tertiary/aromatic N) is 3. The number of alkyl carbamates (subject to hydrolysis) is 1. The first-order chi connectivity index (χ1) is 30.3. The van der Waals surface area contributed by atoms with Gasteiger partial charge < -0.3 is 34.6 Å². The van der Waals surface area contributed by atoms with Gasteiger partial charge in [0.2, 0.25) is 21.8 Å². The first kappa shape index (κ1) is 45.9. The molecule has 15 nitrogen and oxygen atoms in total. The minimum Gasteiger partial charge on any atom is -0.490 e. The van der Waals surface area contributed by atoms with Crippen LogP contribution in [0.4, 0.5) is 18.0 Å². The van der Waals surface area contributed by atoms with Crippen molar-refractivity contribution >= 4 is 44.7 Å². The van der Waals surface area contributed by atoms with Crippen LogP contribution in [0.2, 0.25) is 0 Å². The summed E-state index contributed by atoms with van der Waals surface area (Å²) in [6, 6.07) is 2.26. The van der Waals surface area contributed by atoms with Gasteiger partial charge in [-0.3, -0.25) is 19.1 Å². The predicted octanol–water partition coefficient (Wildman–Crippen LogP) is 5.68. The van der Waals surface area contributed by atoms with Crippen LogP contribution in [0.25, 0.3) is 10.9 Å². The Morgan fingerprint density at radius 2 is 1.83 bits per heavy atom. The second-order valence-corrected chi connectivity index (χ2v) is 21.3. The van der Waals surface area contributed by atoms with Gasteiger partial charge in [0.05, 0.1) is 16.8 Å². The quantitative estimate of drug-likeness (QED) is 0.277. The van der Waals surface area contributed by atoms with E-state index < -0.39 is 91.5 Å². The van der Waals surface area contributed by atoms with Crippen molar-refractivity contribution in [1.82, 2.24) is 30.1 Å². The van der Waals surface area contributed by atoms with Gasteiger partial charge in [-0.15, -0.1) is 0 Å². The lowest BCUT2D eigenvalue weighted by Gasteiger charge is -2.37. The molecule has 6 unspecified atom stereocenters. The van der Waals surface area contributed by atoms with Gasteiger partial charge in [-0.05, 0) is 110 Å². The molecule has 1 aromatic heterocycles. The summed E-state index contributed by atoms with van der Waals surface area (Å²) in [4.78, 5) is 64.3. The summed E-state index contributed by atoms with van der Waals surface area (Å²) in [5.74, 6) is -2.93. The summed E-state index contributed by atoms with van der Waals surface area (Å²) in [6.45, 7) is 6.46. The Hall–Kier alpha value is -4.65. The number of aryl methyl sites for hydroxylation is 1.